The van der Waals surface area contributed by atoms with Crippen LogP contribution in [-0.4, -0.2) is 31.5 Å². The molecule has 80 valence electrons. The van der Waals surface area contributed by atoms with Crippen molar-refractivity contribution in [1.82, 2.24) is 10.6 Å². The van der Waals surface area contributed by atoms with E-state index < -0.39 is 0 Å². The van der Waals surface area contributed by atoms with Crippen LogP contribution in [0.4, 0.5) is 4.39 Å². The molecule has 3 nitrogen and oxygen atoms in total. The summed E-state index contributed by atoms with van der Waals surface area (Å²) in [5.74, 6) is -0.302. The third-order valence-corrected chi connectivity index (χ3v) is 2.49. The molecule has 1 aromatic carbocycles. The van der Waals surface area contributed by atoms with Crippen LogP contribution in [0.15, 0.2) is 24.3 Å². The number of nitrogens with one attached hydrogen (secondary N) is 2. The molecule has 1 unspecified atom stereocenters. The molecule has 0 saturated carbocycles. The Bertz CT molecular complexity index is 344. The number of halogens is 1. The van der Waals surface area contributed by atoms with E-state index in [9.17, 15) is 9.18 Å². The molecular weight excluding hydrogens is 195 g/mol. The van der Waals surface area contributed by atoms with E-state index in [1.807, 2.05) is 0 Å². The summed E-state index contributed by atoms with van der Waals surface area (Å²) >= 11 is 0. The number of hydrogen-bond acceptors (Lipinski definition) is 3. The lowest BCUT2D eigenvalue weighted by atomic mass is 10.0. The Hall–Kier alpha value is -1.26. The highest BCUT2D eigenvalue weighted by molar-refractivity contribution is 6.00. The number of benzene rings is 1. The molecule has 1 saturated heterocycles. The summed E-state index contributed by atoms with van der Waals surface area (Å²) in [4.78, 5) is 11.9. The average Bonchev–Trinajstić information content (AvgIpc) is 2.30. The fraction of sp³-hybridized carbons (Fsp3) is 0.364. The van der Waals surface area contributed by atoms with Gasteiger partial charge in [0.15, 0.2) is 5.78 Å². The van der Waals surface area contributed by atoms with Crippen LogP contribution in [0.1, 0.15) is 10.4 Å². The number of piperazine rings is 1. The van der Waals surface area contributed by atoms with Crippen molar-refractivity contribution in [3.63, 3.8) is 0 Å². The Morgan fingerprint density at radius 2 is 2.00 bits per heavy atom. The van der Waals surface area contributed by atoms with Gasteiger partial charge >= 0.3 is 0 Å². The number of rotatable bonds is 2. The molecule has 0 amide bonds. The molecule has 2 N–H and O–H groups in total. The van der Waals surface area contributed by atoms with Gasteiger partial charge in [0.25, 0.3) is 0 Å². The Kier molecular flexibility index (Phi) is 3.08. The average molecular weight is 208 g/mol. The van der Waals surface area contributed by atoms with Gasteiger partial charge in [-0.15, -0.1) is 0 Å². The molecule has 0 spiro atoms. The predicted molar refractivity (Wildman–Crippen MR) is 55.4 cm³/mol. The zero-order chi connectivity index (χ0) is 10.7. The predicted octanol–water partition coefficient (Wildman–Crippen LogP) is 0.570. The Balaban J connectivity index is 2.09. The van der Waals surface area contributed by atoms with Gasteiger partial charge in [0.05, 0.1) is 6.04 Å². The van der Waals surface area contributed by atoms with Crippen molar-refractivity contribution >= 4 is 5.78 Å². The topological polar surface area (TPSA) is 41.1 Å². The second-order valence-corrected chi connectivity index (χ2v) is 3.58. The number of hydrogen-bond donors (Lipinski definition) is 2. The first-order valence-electron chi connectivity index (χ1n) is 5.01. The van der Waals surface area contributed by atoms with Gasteiger partial charge < -0.3 is 10.6 Å². The number of carbonyl (C=O) groups is 1. The molecule has 1 aromatic rings. The zero-order valence-electron chi connectivity index (χ0n) is 8.29. The summed E-state index contributed by atoms with van der Waals surface area (Å²) in [5.41, 5.74) is 0.553. The molecule has 15 heavy (non-hydrogen) atoms. The molecule has 2 rings (SSSR count). The SMILES string of the molecule is O=C(c1ccc(F)cc1)C1CNCCN1. The molecule has 0 radical (unpaired) electrons. The minimum absolute atomic E-state index is 0.0159. The highest BCUT2D eigenvalue weighted by Crippen LogP contribution is 2.06. The normalized spacial score (nSPS) is 21.3. The maximum absolute atomic E-state index is 12.7. The first-order chi connectivity index (χ1) is 7.27. The molecule has 1 aliphatic rings. The van der Waals surface area contributed by atoms with Crippen LogP contribution in [0.5, 0.6) is 0 Å². The van der Waals surface area contributed by atoms with Gasteiger partial charge in [-0.3, -0.25) is 4.79 Å². The fourth-order valence-electron chi connectivity index (χ4n) is 1.65. The monoisotopic (exact) mass is 208 g/mol. The molecule has 0 aromatic heterocycles. The van der Waals surface area contributed by atoms with E-state index in [-0.39, 0.29) is 17.6 Å². The summed E-state index contributed by atoms with van der Waals surface area (Å²) in [5, 5.41) is 6.27. The Labute approximate surface area is 87.7 Å². The van der Waals surface area contributed by atoms with E-state index in [2.05, 4.69) is 10.6 Å². The van der Waals surface area contributed by atoms with Crippen LogP contribution in [0.2, 0.25) is 0 Å². The summed E-state index contributed by atoms with van der Waals surface area (Å²) in [6.07, 6.45) is 0. The first-order valence-corrected chi connectivity index (χ1v) is 5.01. The van der Waals surface area contributed by atoms with Crippen molar-refractivity contribution < 1.29 is 9.18 Å². The van der Waals surface area contributed by atoms with Gasteiger partial charge in [0, 0.05) is 25.2 Å². The quantitative estimate of drug-likeness (QED) is 0.698. The maximum atomic E-state index is 12.7. The zero-order valence-corrected chi connectivity index (χ0v) is 8.29. The van der Waals surface area contributed by atoms with E-state index >= 15 is 0 Å². The smallest absolute Gasteiger partial charge is 0.181 e. The van der Waals surface area contributed by atoms with E-state index in [0.717, 1.165) is 13.1 Å². The Morgan fingerprint density at radius 1 is 1.27 bits per heavy atom. The third kappa shape index (κ3) is 2.40. The van der Waals surface area contributed by atoms with Crippen LogP contribution in [0.3, 0.4) is 0 Å². The van der Waals surface area contributed by atoms with E-state index in [4.69, 9.17) is 0 Å². The first kappa shape index (κ1) is 10.3. The highest BCUT2D eigenvalue weighted by atomic mass is 19.1. The van der Waals surface area contributed by atoms with Gasteiger partial charge in [0.1, 0.15) is 5.82 Å². The van der Waals surface area contributed by atoms with Crippen LogP contribution < -0.4 is 10.6 Å². The summed E-state index contributed by atoms with van der Waals surface area (Å²) < 4.78 is 12.7. The third-order valence-electron chi connectivity index (χ3n) is 2.49. The molecule has 4 heteroatoms. The highest BCUT2D eigenvalue weighted by Gasteiger charge is 2.21. The minimum atomic E-state index is -0.318. The number of ketones is 1. The number of carbonyl (C=O) groups excluding carboxylic acids is 1. The van der Waals surface area contributed by atoms with E-state index in [1.54, 1.807) is 0 Å². The van der Waals surface area contributed by atoms with Crippen molar-refractivity contribution in [3.8, 4) is 0 Å². The van der Waals surface area contributed by atoms with Crippen LogP contribution >= 0.6 is 0 Å². The second kappa shape index (κ2) is 4.51. The molecule has 1 fully saturated rings. The second-order valence-electron chi connectivity index (χ2n) is 3.58. The van der Waals surface area contributed by atoms with Crippen LogP contribution in [0.25, 0.3) is 0 Å². The van der Waals surface area contributed by atoms with Crippen LogP contribution in [-0.2, 0) is 0 Å². The lowest BCUT2D eigenvalue weighted by Gasteiger charge is -2.23. The van der Waals surface area contributed by atoms with Crippen molar-refractivity contribution in [2.75, 3.05) is 19.6 Å². The molecule has 0 aliphatic carbocycles. The lowest BCUT2D eigenvalue weighted by molar-refractivity contribution is 0.0934. The fourth-order valence-corrected chi connectivity index (χ4v) is 1.65. The van der Waals surface area contributed by atoms with Crippen molar-refractivity contribution in [1.29, 1.82) is 0 Å². The van der Waals surface area contributed by atoms with Gasteiger partial charge in [-0.1, -0.05) is 0 Å². The van der Waals surface area contributed by atoms with Gasteiger partial charge in [0.2, 0.25) is 0 Å². The van der Waals surface area contributed by atoms with Gasteiger partial charge in [-0.2, -0.15) is 0 Å². The van der Waals surface area contributed by atoms with Gasteiger partial charge in [-0.05, 0) is 24.3 Å². The van der Waals surface area contributed by atoms with E-state index in [0.29, 0.717) is 12.1 Å². The number of Topliss-reactive ketones (excluding diaryl/α,β-unsaturated/α-hetero) is 1. The lowest BCUT2D eigenvalue weighted by Crippen LogP contribution is -2.52. The largest absolute Gasteiger partial charge is 0.313 e. The minimum Gasteiger partial charge on any atom is -0.313 e. The molecular formula is C11H13FN2O. The summed E-state index contributed by atoms with van der Waals surface area (Å²) in [6, 6.07) is 5.47. The van der Waals surface area contributed by atoms with Gasteiger partial charge in [-0.25, -0.2) is 4.39 Å². The molecule has 0 bridgehead atoms. The van der Waals surface area contributed by atoms with Crippen molar-refractivity contribution in [2.45, 2.75) is 6.04 Å². The van der Waals surface area contributed by atoms with Crippen molar-refractivity contribution in [2.24, 2.45) is 0 Å². The maximum Gasteiger partial charge on any atom is 0.181 e. The molecule has 1 atom stereocenters. The van der Waals surface area contributed by atoms with Crippen molar-refractivity contribution in [3.05, 3.63) is 35.6 Å². The van der Waals surface area contributed by atoms with Crippen LogP contribution in [0, 0.1) is 5.82 Å². The standard InChI is InChI=1S/C11H13FN2O/c12-9-3-1-8(2-4-9)11(15)10-7-13-5-6-14-10/h1-4,10,13-14H,5-7H2. The Morgan fingerprint density at radius 3 is 2.60 bits per heavy atom. The molecule has 1 heterocycles. The molecule has 1 aliphatic heterocycles. The van der Waals surface area contributed by atoms with E-state index in [1.165, 1.54) is 24.3 Å². The summed E-state index contributed by atoms with van der Waals surface area (Å²) in [6.45, 7) is 2.31. The summed E-state index contributed by atoms with van der Waals surface area (Å²) in [7, 11) is 0.